The highest BCUT2D eigenvalue weighted by Crippen LogP contribution is 2.22. The summed E-state index contributed by atoms with van der Waals surface area (Å²) in [7, 11) is 0. The van der Waals surface area contributed by atoms with Crippen molar-refractivity contribution in [1.29, 1.82) is 0 Å². The van der Waals surface area contributed by atoms with E-state index in [0.717, 1.165) is 0 Å². The summed E-state index contributed by atoms with van der Waals surface area (Å²) >= 11 is 0. The lowest BCUT2D eigenvalue weighted by molar-refractivity contribution is 0.0524. The molecule has 2 N–H and O–H groups in total. The Morgan fingerprint density at radius 1 is 1.32 bits per heavy atom. The molecule has 1 aromatic rings. The molecule has 0 spiro atoms. The Kier molecular flexibility index (Phi) is 6.15. The van der Waals surface area contributed by atoms with E-state index in [2.05, 4.69) is 0 Å². The summed E-state index contributed by atoms with van der Waals surface area (Å²) in [4.78, 5) is 11.5. The molecule has 0 aromatic heterocycles. The summed E-state index contributed by atoms with van der Waals surface area (Å²) in [5.74, 6) is 0.157. The highest BCUT2D eigenvalue weighted by molar-refractivity contribution is 5.91. The number of ether oxygens (including phenoxy) is 3. The van der Waals surface area contributed by atoms with Gasteiger partial charge in [0.25, 0.3) is 0 Å². The lowest BCUT2D eigenvalue weighted by Gasteiger charge is -2.11. The number of rotatable bonds is 7. The summed E-state index contributed by atoms with van der Waals surface area (Å²) in [6.45, 7) is 6.93. The maximum absolute atomic E-state index is 11.5. The van der Waals surface area contributed by atoms with E-state index in [-0.39, 0.29) is 12.1 Å². The number of carbonyl (C=O) groups excluding carboxylic acids is 1. The summed E-state index contributed by atoms with van der Waals surface area (Å²) in [5.41, 5.74) is 6.66. The zero-order valence-corrected chi connectivity index (χ0v) is 11.6. The van der Waals surface area contributed by atoms with Crippen LogP contribution in [0.5, 0.6) is 5.75 Å². The molecule has 106 valence electrons. The maximum atomic E-state index is 11.5. The van der Waals surface area contributed by atoms with Crippen LogP contribution in [0.1, 0.15) is 31.1 Å². The van der Waals surface area contributed by atoms with Crippen molar-refractivity contribution < 1.29 is 19.0 Å². The third kappa shape index (κ3) is 5.18. The molecule has 1 rings (SSSR count). The van der Waals surface area contributed by atoms with Crippen LogP contribution in [0.4, 0.5) is 5.69 Å². The van der Waals surface area contributed by atoms with Crippen LogP contribution in [0.25, 0.3) is 0 Å². The molecule has 0 atom stereocenters. The topological polar surface area (TPSA) is 70.8 Å². The van der Waals surface area contributed by atoms with E-state index < -0.39 is 0 Å². The lowest BCUT2D eigenvalue weighted by atomic mass is 10.2. The first-order valence-electron chi connectivity index (χ1n) is 6.35. The molecule has 0 amide bonds. The summed E-state index contributed by atoms with van der Waals surface area (Å²) in [6.07, 6.45) is 0.173. The minimum Gasteiger partial charge on any atom is -0.489 e. The summed E-state index contributed by atoms with van der Waals surface area (Å²) in [6, 6.07) is 4.85. The minimum atomic E-state index is -0.385. The van der Waals surface area contributed by atoms with E-state index >= 15 is 0 Å². The molecule has 0 saturated carbocycles. The molecule has 5 nitrogen and oxygen atoms in total. The smallest absolute Gasteiger partial charge is 0.338 e. The van der Waals surface area contributed by atoms with Crippen molar-refractivity contribution in [3.8, 4) is 5.75 Å². The van der Waals surface area contributed by atoms with Gasteiger partial charge in [-0.2, -0.15) is 0 Å². The molecular weight excluding hydrogens is 246 g/mol. The van der Waals surface area contributed by atoms with Gasteiger partial charge in [0.2, 0.25) is 0 Å². The van der Waals surface area contributed by atoms with Crippen LogP contribution in [-0.4, -0.2) is 31.9 Å². The van der Waals surface area contributed by atoms with E-state index in [4.69, 9.17) is 19.9 Å². The Bertz CT molecular complexity index is 418. The number of hydrogen-bond donors (Lipinski definition) is 1. The van der Waals surface area contributed by atoms with Crippen LogP contribution in [-0.2, 0) is 9.47 Å². The van der Waals surface area contributed by atoms with E-state index in [1.54, 1.807) is 25.1 Å². The molecule has 0 bridgehead atoms. The first kappa shape index (κ1) is 15.3. The van der Waals surface area contributed by atoms with Gasteiger partial charge in [-0.1, -0.05) is 0 Å². The van der Waals surface area contributed by atoms with Gasteiger partial charge in [0.05, 0.1) is 30.6 Å². The standard InChI is InChI=1S/C14H21NO4/c1-4-17-14(16)11-5-6-13(12(15)9-11)19-8-7-18-10(2)3/h5-6,9-10H,4,7-8,15H2,1-3H3. The van der Waals surface area contributed by atoms with E-state index in [1.807, 2.05) is 13.8 Å². The van der Waals surface area contributed by atoms with Crippen LogP contribution in [0.15, 0.2) is 18.2 Å². The van der Waals surface area contributed by atoms with Gasteiger partial charge in [-0.25, -0.2) is 4.79 Å². The van der Waals surface area contributed by atoms with Crippen molar-refractivity contribution >= 4 is 11.7 Å². The van der Waals surface area contributed by atoms with Crippen molar-refractivity contribution in [3.63, 3.8) is 0 Å². The van der Waals surface area contributed by atoms with Crippen molar-refractivity contribution in [2.24, 2.45) is 0 Å². The molecule has 0 heterocycles. The number of benzene rings is 1. The van der Waals surface area contributed by atoms with Crippen molar-refractivity contribution in [2.75, 3.05) is 25.6 Å². The number of esters is 1. The number of carbonyl (C=O) groups is 1. The van der Waals surface area contributed by atoms with Crippen molar-refractivity contribution in [3.05, 3.63) is 23.8 Å². The van der Waals surface area contributed by atoms with Crippen molar-refractivity contribution in [1.82, 2.24) is 0 Å². The third-order valence-electron chi connectivity index (χ3n) is 2.31. The van der Waals surface area contributed by atoms with Crippen molar-refractivity contribution in [2.45, 2.75) is 26.9 Å². The zero-order valence-electron chi connectivity index (χ0n) is 11.6. The largest absolute Gasteiger partial charge is 0.489 e. The second-order valence-corrected chi connectivity index (χ2v) is 4.24. The first-order valence-corrected chi connectivity index (χ1v) is 6.35. The SMILES string of the molecule is CCOC(=O)c1ccc(OCCOC(C)C)c(N)c1. The van der Waals surface area contributed by atoms with Crippen LogP contribution >= 0.6 is 0 Å². The van der Waals surface area contributed by atoms with E-state index in [1.165, 1.54) is 0 Å². The van der Waals surface area contributed by atoms with Gasteiger partial charge in [0.1, 0.15) is 12.4 Å². The molecule has 19 heavy (non-hydrogen) atoms. The quantitative estimate of drug-likeness (QED) is 0.466. The molecule has 0 aliphatic heterocycles. The Hall–Kier alpha value is -1.75. The number of nitrogen functional groups attached to an aromatic ring is 1. The minimum absolute atomic E-state index is 0.173. The van der Waals surface area contributed by atoms with Gasteiger partial charge < -0.3 is 19.9 Å². The Morgan fingerprint density at radius 2 is 2.05 bits per heavy atom. The zero-order chi connectivity index (χ0) is 14.3. The summed E-state index contributed by atoms with van der Waals surface area (Å²) in [5, 5.41) is 0. The average molecular weight is 267 g/mol. The molecule has 5 heteroatoms. The fraction of sp³-hybridized carbons (Fsp3) is 0.500. The third-order valence-corrected chi connectivity index (χ3v) is 2.31. The predicted octanol–water partition coefficient (Wildman–Crippen LogP) is 2.25. The maximum Gasteiger partial charge on any atom is 0.338 e. The second-order valence-electron chi connectivity index (χ2n) is 4.24. The van der Waals surface area contributed by atoms with Gasteiger partial charge in [-0.05, 0) is 39.0 Å². The van der Waals surface area contributed by atoms with Gasteiger partial charge in [0.15, 0.2) is 0 Å². The molecule has 0 aliphatic carbocycles. The molecule has 0 aliphatic rings. The molecule has 1 aromatic carbocycles. The molecule has 0 unspecified atom stereocenters. The van der Waals surface area contributed by atoms with Gasteiger partial charge in [-0.3, -0.25) is 0 Å². The van der Waals surface area contributed by atoms with Crippen LogP contribution in [0, 0.1) is 0 Å². The van der Waals surface area contributed by atoms with Gasteiger partial charge >= 0.3 is 5.97 Å². The molecular formula is C14H21NO4. The fourth-order valence-corrected chi connectivity index (χ4v) is 1.46. The fourth-order valence-electron chi connectivity index (χ4n) is 1.46. The van der Waals surface area contributed by atoms with Gasteiger partial charge in [0, 0.05) is 0 Å². The van der Waals surface area contributed by atoms with E-state index in [9.17, 15) is 4.79 Å². The molecule has 0 radical (unpaired) electrons. The number of nitrogens with two attached hydrogens (primary N) is 1. The Morgan fingerprint density at radius 3 is 2.63 bits per heavy atom. The highest BCUT2D eigenvalue weighted by Gasteiger charge is 2.09. The van der Waals surface area contributed by atoms with Crippen LogP contribution in [0.2, 0.25) is 0 Å². The highest BCUT2D eigenvalue weighted by atomic mass is 16.5. The predicted molar refractivity (Wildman–Crippen MR) is 73.4 cm³/mol. The average Bonchev–Trinajstić information content (AvgIpc) is 2.36. The lowest BCUT2D eigenvalue weighted by Crippen LogP contribution is -2.12. The summed E-state index contributed by atoms with van der Waals surface area (Å²) < 4.78 is 15.7. The molecule has 0 fully saturated rings. The number of hydrogen-bond acceptors (Lipinski definition) is 5. The van der Waals surface area contributed by atoms with Gasteiger partial charge in [-0.15, -0.1) is 0 Å². The Balaban J connectivity index is 2.55. The molecule has 0 saturated heterocycles. The normalized spacial score (nSPS) is 10.5. The Labute approximate surface area is 113 Å². The second kappa shape index (κ2) is 7.63. The van der Waals surface area contributed by atoms with Crippen LogP contribution in [0.3, 0.4) is 0 Å². The number of anilines is 1. The van der Waals surface area contributed by atoms with Crippen LogP contribution < -0.4 is 10.5 Å². The first-order chi connectivity index (χ1) is 9.04. The van der Waals surface area contributed by atoms with E-state index in [0.29, 0.717) is 36.8 Å². The monoisotopic (exact) mass is 267 g/mol.